The molecule has 1 heterocycles. The summed E-state index contributed by atoms with van der Waals surface area (Å²) in [5, 5.41) is 2.71. The Hall–Kier alpha value is -1.89. The lowest BCUT2D eigenvalue weighted by Crippen LogP contribution is -2.51. The van der Waals surface area contributed by atoms with Crippen LogP contribution in [0.15, 0.2) is 28.7 Å². The van der Waals surface area contributed by atoms with E-state index in [2.05, 4.69) is 21.2 Å². The molecule has 0 radical (unpaired) electrons. The maximum Gasteiger partial charge on any atom is 0.251 e. The minimum absolute atomic E-state index is 0.149. The lowest BCUT2D eigenvalue weighted by molar-refractivity contribution is -0.140. The number of hydrogen-bond donors (Lipinski definition) is 2. The van der Waals surface area contributed by atoms with Crippen LogP contribution in [0.5, 0.6) is 0 Å². The van der Waals surface area contributed by atoms with Crippen LogP contribution in [-0.4, -0.2) is 41.8 Å². The molecule has 1 aliphatic rings. The van der Waals surface area contributed by atoms with Crippen molar-refractivity contribution in [3.63, 3.8) is 0 Å². The zero-order chi connectivity index (χ0) is 16.8. The molecule has 7 heteroatoms. The number of piperidine rings is 1. The van der Waals surface area contributed by atoms with Gasteiger partial charge in [0.2, 0.25) is 11.8 Å². The van der Waals surface area contributed by atoms with Gasteiger partial charge >= 0.3 is 0 Å². The number of nitrogens with two attached hydrogens (primary N) is 1. The van der Waals surface area contributed by atoms with E-state index in [4.69, 9.17) is 5.73 Å². The molecule has 0 bridgehead atoms. The molecule has 3 N–H and O–H groups in total. The summed E-state index contributed by atoms with van der Waals surface area (Å²) < 4.78 is 0.895. The first kappa shape index (κ1) is 17.5. The first-order chi connectivity index (χ1) is 11.0. The first-order valence-corrected chi connectivity index (χ1v) is 8.41. The summed E-state index contributed by atoms with van der Waals surface area (Å²) in [4.78, 5) is 37.2. The van der Waals surface area contributed by atoms with E-state index in [-0.39, 0.29) is 24.8 Å². The van der Waals surface area contributed by atoms with E-state index in [1.807, 2.05) is 0 Å². The van der Waals surface area contributed by atoms with Crippen molar-refractivity contribution in [2.75, 3.05) is 13.1 Å². The molecule has 0 saturated carbocycles. The van der Waals surface area contributed by atoms with Crippen molar-refractivity contribution >= 4 is 33.7 Å². The van der Waals surface area contributed by atoms with Gasteiger partial charge in [0.25, 0.3) is 5.91 Å². The van der Waals surface area contributed by atoms with E-state index in [0.29, 0.717) is 18.5 Å². The van der Waals surface area contributed by atoms with E-state index in [1.165, 1.54) is 4.90 Å². The molecule has 3 amide bonds. The quantitative estimate of drug-likeness (QED) is 0.807. The third-order valence-electron chi connectivity index (χ3n) is 3.88. The highest BCUT2D eigenvalue weighted by Gasteiger charge is 2.30. The molecule has 1 atom stereocenters. The number of rotatable bonds is 5. The average Bonchev–Trinajstić information content (AvgIpc) is 2.55. The Balaban J connectivity index is 1.83. The van der Waals surface area contributed by atoms with Gasteiger partial charge in [0.15, 0.2) is 0 Å². The number of benzene rings is 1. The third-order valence-corrected chi connectivity index (χ3v) is 4.41. The molecule has 0 aromatic heterocycles. The number of hydrogen-bond acceptors (Lipinski definition) is 3. The van der Waals surface area contributed by atoms with E-state index in [9.17, 15) is 14.4 Å². The summed E-state index contributed by atoms with van der Waals surface area (Å²) in [6.45, 7) is 0.781. The third kappa shape index (κ3) is 4.79. The van der Waals surface area contributed by atoms with Gasteiger partial charge in [-0.25, -0.2) is 0 Å². The second-order valence-corrected chi connectivity index (χ2v) is 6.43. The SMILES string of the molecule is NC(=O)C1CCCCN1C(=O)CCNC(=O)c1ccc(Br)cc1. The highest BCUT2D eigenvalue weighted by atomic mass is 79.9. The standard InChI is InChI=1S/C16H20BrN3O3/c17-12-6-4-11(5-7-12)16(23)19-9-8-14(21)20-10-2-1-3-13(20)15(18)22/h4-7,13H,1-3,8-10H2,(H2,18,22)(H,19,23). The van der Waals surface area contributed by atoms with Crippen LogP contribution in [0.3, 0.4) is 0 Å². The van der Waals surface area contributed by atoms with Crippen molar-refractivity contribution in [1.82, 2.24) is 10.2 Å². The molecule has 1 saturated heterocycles. The summed E-state index contributed by atoms with van der Waals surface area (Å²) in [6, 6.07) is 6.46. The fourth-order valence-electron chi connectivity index (χ4n) is 2.66. The second-order valence-electron chi connectivity index (χ2n) is 5.51. The van der Waals surface area contributed by atoms with E-state index in [0.717, 1.165) is 17.3 Å². The topological polar surface area (TPSA) is 92.5 Å². The summed E-state index contributed by atoms with van der Waals surface area (Å²) in [5.74, 6) is -0.836. The number of amides is 3. The van der Waals surface area contributed by atoms with E-state index >= 15 is 0 Å². The molecule has 0 spiro atoms. The molecule has 2 rings (SSSR count). The average molecular weight is 382 g/mol. The van der Waals surface area contributed by atoms with E-state index in [1.54, 1.807) is 24.3 Å². The molecule has 0 aliphatic carbocycles. The Morgan fingerprint density at radius 2 is 1.91 bits per heavy atom. The molecule has 1 aromatic carbocycles. The fourth-order valence-corrected chi connectivity index (χ4v) is 2.92. The largest absolute Gasteiger partial charge is 0.368 e. The van der Waals surface area contributed by atoms with Crippen LogP contribution in [0, 0.1) is 0 Å². The van der Waals surface area contributed by atoms with Crippen LogP contribution in [-0.2, 0) is 9.59 Å². The molecule has 1 aromatic rings. The minimum Gasteiger partial charge on any atom is -0.368 e. The van der Waals surface area contributed by atoms with Crippen molar-refractivity contribution in [1.29, 1.82) is 0 Å². The van der Waals surface area contributed by atoms with Crippen LogP contribution in [0.1, 0.15) is 36.0 Å². The van der Waals surface area contributed by atoms with Crippen molar-refractivity contribution in [2.24, 2.45) is 5.73 Å². The molecule has 23 heavy (non-hydrogen) atoms. The smallest absolute Gasteiger partial charge is 0.251 e. The number of halogens is 1. The lowest BCUT2D eigenvalue weighted by Gasteiger charge is -2.33. The highest BCUT2D eigenvalue weighted by molar-refractivity contribution is 9.10. The molecule has 1 fully saturated rings. The predicted molar refractivity (Wildman–Crippen MR) is 89.6 cm³/mol. The molecule has 124 valence electrons. The highest BCUT2D eigenvalue weighted by Crippen LogP contribution is 2.17. The predicted octanol–water partition coefficient (Wildman–Crippen LogP) is 1.44. The second kappa shape index (κ2) is 8.10. The number of nitrogens with zero attached hydrogens (tertiary/aromatic N) is 1. The van der Waals surface area contributed by atoms with Gasteiger partial charge < -0.3 is 16.0 Å². The lowest BCUT2D eigenvalue weighted by atomic mass is 10.0. The number of nitrogens with one attached hydrogen (secondary N) is 1. The van der Waals surface area contributed by atoms with Crippen molar-refractivity contribution in [3.8, 4) is 0 Å². The van der Waals surface area contributed by atoms with Gasteiger partial charge in [0, 0.05) is 29.5 Å². The summed E-state index contributed by atoms with van der Waals surface area (Å²) in [6.07, 6.45) is 2.55. The normalized spacial score (nSPS) is 17.6. The molecule has 1 unspecified atom stereocenters. The van der Waals surface area contributed by atoms with Crippen LogP contribution in [0.4, 0.5) is 0 Å². The Kier molecular flexibility index (Phi) is 6.15. The van der Waals surface area contributed by atoms with Gasteiger partial charge in [-0.05, 0) is 43.5 Å². The Morgan fingerprint density at radius 1 is 1.22 bits per heavy atom. The van der Waals surface area contributed by atoms with Gasteiger partial charge in [-0.15, -0.1) is 0 Å². The maximum atomic E-state index is 12.2. The Morgan fingerprint density at radius 3 is 2.57 bits per heavy atom. The van der Waals surface area contributed by atoms with Crippen LogP contribution >= 0.6 is 15.9 Å². The molecule has 1 aliphatic heterocycles. The zero-order valence-electron chi connectivity index (χ0n) is 12.8. The fraction of sp³-hybridized carbons (Fsp3) is 0.438. The monoisotopic (exact) mass is 381 g/mol. The van der Waals surface area contributed by atoms with Gasteiger partial charge in [-0.3, -0.25) is 14.4 Å². The van der Waals surface area contributed by atoms with Crippen LogP contribution in [0.25, 0.3) is 0 Å². The first-order valence-electron chi connectivity index (χ1n) is 7.61. The van der Waals surface area contributed by atoms with Crippen molar-refractivity contribution in [2.45, 2.75) is 31.7 Å². The maximum absolute atomic E-state index is 12.2. The number of carbonyl (C=O) groups excluding carboxylic acids is 3. The van der Waals surface area contributed by atoms with Gasteiger partial charge in [0.1, 0.15) is 6.04 Å². The van der Waals surface area contributed by atoms with Gasteiger partial charge in [-0.2, -0.15) is 0 Å². The van der Waals surface area contributed by atoms with Gasteiger partial charge in [0.05, 0.1) is 0 Å². The minimum atomic E-state index is -0.515. The summed E-state index contributed by atoms with van der Waals surface area (Å²) in [7, 11) is 0. The van der Waals surface area contributed by atoms with E-state index < -0.39 is 11.9 Å². The number of likely N-dealkylation sites (tertiary alicyclic amines) is 1. The summed E-state index contributed by atoms with van der Waals surface area (Å²) in [5.41, 5.74) is 5.89. The molecular formula is C16H20BrN3O3. The Labute approximate surface area is 143 Å². The number of carbonyl (C=O) groups is 3. The molecular weight excluding hydrogens is 362 g/mol. The van der Waals surface area contributed by atoms with Crippen LogP contribution in [0.2, 0.25) is 0 Å². The zero-order valence-corrected chi connectivity index (χ0v) is 14.3. The van der Waals surface area contributed by atoms with Gasteiger partial charge in [-0.1, -0.05) is 15.9 Å². The van der Waals surface area contributed by atoms with Crippen molar-refractivity contribution in [3.05, 3.63) is 34.3 Å². The summed E-state index contributed by atoms with van der Waals surface area (Å²) >= 11 is 3.31. The molecule has 6 nitrogen and oxygen atoms in total. The Bertz CT molecular complexity index is 589. The van der Waals surface area contributed by atoms with Crippen LogP contribution < -0.4 is 11.1 Å². The van der Waals surface area contributed by atoms with Crippen molar-refractivity contribution < 1.29 is 14.4 Å². The number of primary amides is 1.